The lowest BCUT2D eigenvalue weighted by atomic mass is 10.1. The summed E-state index contributed by atoms with van der Waals surface area (Å²) < 4.78 is 0. The normalized spacial score (nSPS) is 12.9. The van der Waals surface area contributed by atoms with Crippen LogP contribution >= 0.6 is 23.2 Å². The topological polar surface area (TPSA) is 62.6 Å². The van der Waals surface area contributed by atoms with E-state index in [2.05, 4.69) is 10.6 Å². The Morgan fingerprint density at radius 1 is 1.00 bits per heavy atom. The van der Waals surface area contributed by atoms with Gasteiger partial charge >= 0.3 is 0 Å². The molecule has 2 aromatic carbocycles. The first kappa shape index (κ1) is 20.2. The molecule has 2 aromatic rings. The van der Waals surface area contributed by atoms with E-state index < -0.39 is 0 Å². The molecule has 0 fully saturated rings. The summed E-state index contributed by atoms with van der Waals surface area (Å²) in [5.74, 6) is -0.329. The lowest BCUT2D eigenvalue weighted by molar-refractivity contribution is -0.862. The van der Waals surface area contributed by atoms with Crippen molar-refractivity contribution in [1.29, 1.82) is 0 Å². The molecule has 2 rings (SSSR count). The van der Waals surface area contributed by atoms with E-state index in [9.17, 15) is 9.59 Å². The van der Waals surface area contributed by atoms with Crippen molar-refractivity contribution in [2.45, 2.75) is 13.0 Å². The van der Waals surface area contributed by atoms with Gasteiger partial charge in [-0.2, -0.15) is 0 Å². The molecule has 1 unspecified atom stereocenters. The Hall–Kier alpha value is -2.08. The standard InChI is InChI=1S/C19H21Cl2N3O2/c1-13(14-7-9-15(20)10-8-14)22-18(25)11-24(2)12-19(26)23-17-6-4-3-5-16(17)21/h3-10,13H,11-12H2,1-2H3,(H,22,25)(H,23,26)/p+1/t13-/m1/s1. The fraction of sp³-hybridized carbons (Fsp3) is 0.263. The number of nitrogens with one attached hydrogen (secondary N) is 3. The first-order chi connectivity index (χ1) is 12.3. The third kappa shape index (κ3) is 6.33. The molecule has 0 aliphatic rings. The summed E-state index contributed by atoms with van der Waals surface area (Å²) in [6.07, 6.45) is 0. The van der Waals surface area contributed by atoms with Crippen LogP contribution in [0.3, 0.4) is 0 Å². The van der Waals surface area contributed by atoms with Crippen molar-refractivity contribution in [2.75, 3.05) is 25.5 Å². The minimum atomic E-state index is -0.200. The van der Waals surface area contributed by atoms with Crippen LogP contribution in [0, 0.1) is 0 Å². The van der Waals surface area contributed by atoms with Crippen molar-refractivity contribution in [1.82, 2.24) is 5.32 Å². The van der Waals surface area contributed by atoms with Crippen molar-refractivity contribution < 1.29 is 14.5 Å². The summed E-state index contributed by atoms with van der Waals surface area (Å²) >= 11 is 11.9. The van der Waals surface area contributed by atoms with E-state index in [0.29, 0.717) is 15.7 Å². The molecule has 0 spiro atoms. The van der Waals surface area contributed by atoms with E-state index in [1.807, 2.05) is 19.1 Å². The molecule has 0 aliphatic heterocycles. The third-order valence-electron chi connectivity index (χ3n) is 3.82. The lowest BCUT2D eigenvalue weighted by Gasteiger charge is -2.17. The number of hydrogen-bond acceptors (Lipinski definition) is 2. The first-order valence-corrected chi connectivity index (χ1v) is 9.01. The fourth-order valence-corrected chi connectivity index (χ4v) is 2.80. The Balaban J connectivity index is 1.80. The maximum Gasteiger partial charge on any atom is 0.279 e. The zero-order chi connectivity index (χ0) is 19.1. The summed E-state index contributed by atoms with van der Waals surface area (Å²) in [6.45, 7) is 2.25. The molecule has 0 saturated heterocycles. The summed E-state index contributed by atoms with van der Waals surface area (Å²) in [4.78, 5) is 25.1. The summed E-state index contributed by atoms with van der Waals surface area (Å²) in [6, 6.07) is 14.2. The minimum Gasteiger partial charge on any atom is -0.345 e. The molecule has 26 heavy (non-hydrogen) atoms. The number of quaternary nitrogens is 1. The molecule has 2 amide bonds. The van der Waals surface area contributed by atoms with Crippen LogP contribution in [0.4, 0.5) is 5.69 Å². The number of carbonyl (C=O) groups excluding carboxylic acids is 2. The molecule has 0 aromatic heterocycles. The van der Waals surface area contributed by atoms with Crippen molar-refractivity contribution in [3.63, 3.8) is 0 Å². The van der Waals surface area contributed by atoms with Gasteiger partial charge in [0.2, 0.25) is 0 Å². The van der Waals surface area contributed by atoms with Crippen LogP contribution in [0.5, 0.6) is 0 Å². The highest BCUT2D eigenvalue weighted by Crippen LogP contribution is 2.20. The van der Waals surface area contributed by atoms with Crippen molar-refractivity contribution in [3.05, 3.63) is 64.1 Å². The maximum absolute atomic E-state index is 12.2. The molecule has 5 nitrogen and oxygen atoms in total. The predicted octanol–water partition coefficient (Wildman–Crippen LogP) is 2.32. The van der Waals surface area contributed by atoms with Crippen LogP contribution in [-0.4, -0.2) is 32.0 Å². The van der Waals surface area contributed by atoms with Gasteiger partial charge in [0.05, 0.1) is 23.8 Å². The molecule has 2 atom stereocenters. The number of rotatable bonds is 7. The van der Waals surface area contributed by atoms with E-state index in [0.717, 1.165) is 10.5 Å². The van der Waals surface area contributed by atoms with Crippen LogP contribution in [0.1, 0.15) is 18.5 Å². The molecule has 3 N–H and O–H groups in total. The highest BCUT2D eigenvalue weighted by molar-refractivity contribution is 6.33. The smallest absolute Gasteiger partial charge is 0.279 e. The van der Waals surface area contributed by atoms with Gasteiger partial charge in [0.1, 0.15) is 0 Å². The number of benzene rings is 2. The maximum atomic E-state index is 12.2. The molecule has 0 aliphatic carbocycles. The van der Waals surface area contributed by atoms with Gasteiger partial charge in [0, 0.05) is 5.02 Å². The summed E-state index contributed by atoms with van der Waals surface area (Å²) in [5, 5.41) is 6.81. The van der Waals surface area contributed by atoms with E-state index in [1.165, 1.54) is 0 Å². The number of amides is 2. The van der Waals surface area contributed by atoms with Gasteiger partial charge in [-0.1, -0.05) is 47.5 Å². The highest BCUT2D eigenvalue weighted by atomic mass is 35.5. The van der Waals surface area contributed by atoms with E-state index in [-0.39, 0.29) is 30.9 Å². The number of hydrogen-bond donors (Lipinski definition) is 3. The molecule has 0 radical (unpaired) electrons. The number of carbonyl (C=O) groups is 2. The Kier molecular flexibility index (Phi) is 7.45. The average Bonchev–Trinajstić information content (AvgIpc) is 2.57. The van der Waals surface area contributed by atoms with Crippen molar-refractivity contribution in [2.24, 2.45) is 0 Å². The second-order valence-electron chi connectivity index (χ2n) is 6.18. The van der Waals surface area contributed by atoms with Gasteiger partial charge in [-0.15, -0.1) is 0 Å². The summed E-state index contributed by atoms with van der Waals surface area (Å²) in [5.41, 5.74) is 1.53. The second kappa shape index (κ2) is 9.57. The van der Waals surface area contributed by atoms with E-state index in [4.69, 9.17) is 23.2 Å². The van der Waals surface area contributed by atoms with Crippen LogP contribution in [0.25, 0.3) is 0 Å². The Labute approximate surface area is 163 Å². The summed E-state index contributed by atoms with van der Waals surface area (Å²) in [7, 11) is 1.79. The van der Waals surface area contributed by atoms with Crippen LogP contribution in [-0.2, 0) is 9.59 Å². The zero-order valence-corrected chi connectivity index (χ0v) is 16.2. The van der Waals surface area contributed by atoms with Crippen LogP contribution < -0.4 is 15.5 Å². The van der Waals surface area contributed by atoms with Gasteiger partial charge in [-0.25, -0.2) is 0 Å². The zero-order valence-electron chi connectivity index (χ0n) is 14.7. The fourth-order valence-electron chi connectivity index (χ4n) is 2.49. The van der Waals surface area contributed by atoms with E-state index in [1.54, 1.807) is 43.4 Å². The second-order valence-corrected chi connectivity index (χ2v) is 7.02. The largest absolute Gasteiger partial charge is 0.345 e. The number of halogens is 2. The number of anilines is 1. The SMILES string of the molecule is C[C@@H](NC(=O)C[NH+](C)CC(=O)Nc1ccccc1Cl)c1ccc(Cl)cc1. The van der Waals surface area contributed by atoms with Gasteiger partial charge in [-0.3, -0.25) is 9.59 Å². The highest BCUT2D eigenvalue weighted by Gasteiger charge is 2.17. The van der Waals surface area contributed by atoms with Crippen LogP contribution in [0.15, 0.2) is 48.5 Å². The molecule has 0 saturated carbocycles. The van der Waals surface area contributed by atoms with Gasteiger partial charge in [0.25, 0.3) is 11.8 Å². The Morgan fingerprint density at radius 2 is 1.62 bits per heavy atom. The molecule has 0 heterocycles. The predicted molar refractivity (Wildman–Crippen MR) is 105 cm³/mol. The quantitative estimate of drug-likeness (QED) is 0.674. The van der Waals surface area contributed by atoms with Gasteiger partial charge in [0.15, 0.2) is 13.1 Å². The molecule has 0 bridgehead atoms. The molecule has 7 heteroatoms. The van der Waals surface area contributed by atoms with Crippen molar-refractivity contribution >= 4 is 40.7 Å². The van der Waals surface area contributed by atoms with Gasteiger partial charge < -0.3 is 15.5 Å². The third-order valence-corrected chi connectivity index (χ3v) is 4.40. The van der Waals surface area contributed by atoms with Gasteiger partial charge in [-0.05, 0) is 36.8 Å². The monoisotopic (exact) mass is 394 g/mol. The first-order valence-electron chi connectivity index (χ1n) is 8.25. The number of para-hydroxylation sites is 1. The lowest BCUT2D eigenvalue weighted by Crippen LogP contribution is -3.11. The van der Waals surface area contributed by atoms with Crippen molar-refractivity contribution in [3.8, 4) is 0 Å². The Morgan fingerprint density at radius 3 is 2.27 bits per heavy atom. The number of likely N-dealkylation sites (N-methyl/N-ethyl adjacent to an activating group) is 1. The van der Waals surface area contributed by atoms with E-state index >= 15 is 0 Å². The average molecular weight is 395 g/mol. The minimum absolute atomic E-state index is 0.129. The molecular weight excluding hydrogens is 373 g/mol. The molecule has 138 valence electrons. The Bertz CT molecular complexity index is 766. The van der Waals surface area contributed by atoms with Crippen LogP contribution in [0.2, 0.25) is 10.0 Å². The molecular formula is C19H22Cl2N3O2+.